The molecule has 0 aliphatic carbocycles. The van der Waals surface area contributed by atoms with Crippen molar-refractivity contribution in [2.45, 2.75) is 20.0 Å². The highest BCUT2D eigenvalue weighted by molar-refractivity contribution is 5.87. The van der Waals surface area contributed by atoms with Crippen LogP contribution < -0.4 is 9.47 Å². The molecule has 0 amide bonds. The molecule has 1 N–H and O–H groups in total. The van der Waals surface area contributed by atoms with E-state index in [1.54, 1.807) is 31.5 Å². The van der Waals surface area contributed by atoms with Crippen molar-refractivity contribution < 1.29 is 14.6 Å². The summed E-state index contributed by atoms with van der Waals surface area (Å²) in [5.41, 5.74) is 1.31. The Bertz CT molecular complexity index is 636. The summed E-state index contributed by atoms with van der Waals surface area (Å²) in [6.45, 7) is 3.91. The zero-order chi connectivity index (χ0) is 15.2. The summed E-state index contributed by atoms with van der Waals surface area (Å²) in [6, 6.07) is 12.5. The van der Waals surface area contributed by atoms with Gasteiger partial charge in [0.15, 0.2) is 11.5 Å². The Morgan fingerprint density at radius 1 is 1.10 bits per heavy atom. The number of phenolic OH excluding ortho intramolecular Hbond substituents is 1. The zero-order valence-corrected chi connectivity index (χ0v) is 12.4. The highest BCUT2D eigenvalue weighted by Gasteiger charge is 2.10. The van der Waals surface area contributed by atoms with Crippen molar-refractivity contribution in [2.75, 3.05) is 7.11 Å². The van der Waals surface area contributed by atoms with E-state index < -0.39 is 0 Å². The summed E-state index contributed by atoms with van der Waals surface area (Å²) in [5, 5.41) is 9.73. The van der Waals surface area contributed by atoms with Crippen LogP contribution in [0.3, 0.4) is 0 Å². The van der Waals surface area contributed by atoms with Gasteiger partial charge in [-0.3, -0.25) is 4.99 Å². The van der Waals surface area contributed by atoms with E-state index >= 15 is 0 Å². The van der Waals surface area contributed by atoms with E-state index in [4.69, 9.17) is 9.47 Å². The van der Waals surface area contributed by atoms with Gasteiger partial charge in [0.1, 0.15) is 11.4 Å². The van der Waals surface area contributed by atoms with Crippen molar-refractivity contribution >= 4 is 11.9 Å². The number of nitrogens with zero attached hydrogens (tertiary/aromatic N) is 1. The Morgan fingerprint density at radius 2 is 1.86 bits per heavy atom. The van der Waals surface area contributed by atoms with Crippen LogP contribution in [0.2, 0.25) is 0 Å². The van der Waals surface area contributed by atoms with Crippen molar-refractivity contribution in [1.82, 2.24) is 0 Å². The number of benzene rings is 2. The van der Waals surface area contributed by atoms with Gasteiger partial charge in [0, 0.05) is 11.8 Å². The second kappa shape index (κ2) is 6.79. The van der Waals surface area contributed by atoms with Crippen molar-refractivity contribution in [1.29, 1.82) is 0 Å². The van der Waals surface area contributed by atoms with E-state index in [0.717, 1.165) is 5.56 Å². The van der Waals surface area contributed by atoms with Crippen LogP contribution in [0.4, 0.5) is 5.69 Å². The Labute approximate surface area is 124 Å². The number of hydrogen-bond donors (Lipinski definition) is 1. The van der Waals surface area contributed by atoms with Crippen LogP contribution in [-0.4, -0.2) is 24.5 Å². The molecule has 21 heavy (non-hydrogen) atoms. The highest BCUT2D eigenvalue weighted by atomic mass is 16.5. The number of phenols is 1. The molecule has 0 bridgehead atoms. The van der Waals surface area contributed by atoms with Crippen LogP contribution in [0.5, 0.6) is 17.2 Å². The monoisotopic (exact) mass is 285 g/mol. The average molecular weight is 285 g/mol. The molecular formula is C17H19NO3. The van der Waals surface area contributed by atoms with Gasteiger partial charge in [-0.15, -0.1) is 0 Å². The zero-order valence-electron chi connectivity index (χ0n) is 12.4. The first kappa shape index (κ1) is 14.9. The van der Waals surface area contributed by atoms with E-state index in [1.165, 1.54) is 0 Å². The fraction of sp³-hybridized carbons (Fsp3) is 0.235. The lowest BCUT2D eigenvalue weighted by molar-refractivity contribution is 0.230. The summed E-state index contributed by atoms with van der Waals surface area (Å²) >= 11 is 0. The largest absolute Gasteiger partial charge is 0.506 e. The molecule has 110 valence electrons. The Kier molecular flexibility index (Phi) is 4.82. The minimum atomic E-state index is 0.0265. The van der Waals surface area contributed by atoms with E-state index in [-0.39, 0.29) is 11.9 Å². The second-order valence-corrected chi connectivity index (χ2v) is 4.79. The first-order chi connectivity index (χ1) is 10.1. The number of methoxy groups -OCH3 is 1. The average Bonchev–Trinajstić information content (AvgIpc) is 2.47. The lowest BCUT2D eigenvalue weighted by atomic mass is 10.2. The molecule has 0 aromatic heterocycles. The van der Waals surface area contributed by atoms with Crippen LogP contribution in [0.15, 0.2) is 47.5 Å². The summed E-state index contributed by atoms with van der Waals surface area (Å²) in [4.78, 5) is 4.31. The van der Waals surface area contributed by atoms with Crippen molar-refractivity contribution in [3.8, 4) is 17.2 Å². The van der Waals surface area contributed by atoms with Crippen LogP contribution in [0.25, 0.3) is 0 Å². The minimum Gasteiger partial charge on any atom is -0.506 e. The van der Waals surface area contributed by atoms with Crippen LogP contribution in [0, 0.1) is 0 Å². The van der Waals surface area contributed by atoms with Gasteiger partial charge in [-0.05, 0) is 38.1 Å². The van der Waals surface area contributed by atoms with E-state index in [1.807, 2.05) is 38.1 Å². The van der Waals surface area contributed by atoms with Crippen LogP contribution in [0.1, 0.15) is 19.4 Å². The Balaban J connectivity index is 2.37. The molecule has 0 atom stereocenters. The maximum absolute atomic E-state index is 9.73. The van der Waals surface area contributed by atoms with Crippen molar-refractivity contribution in [2.24, 2.45) is 4.99 Å². The van der Waals surface area contributed by atoms with E-state index in [0.29, 0.717) is 17.2 Å². The molecule has 0 fully saturated rings. The fourth-order valence-corrected chi connectivity index (χ4v) is 1.87. The van der Waals surface area contributed by atoms with Crippen molar-refractivity contribution in [3.05, 3.63) is 48.0 Å². The second-order valence-electron chi connectivity index (χ2n) is 4.79. The number of ether oxygens (including phenoxy) is 2. The molecule has 0 aliphatic rings. The van der Waals surface area contributed by atoms with Gasteiger partial charge in [-0.25, -0.2) is 0 Å². The molecule has 0 saturated heterocycles. The molecule has 2 rings (SSSR count). The topological polar surface area (TPSA) is 51.0 Å². The third-order valence-electron chi connectivity index (χ3n) is 2.81. The van der Waals surface area contributed by atoms with Crippen LogP contribution in [-0.2, 0) is 0 Å². The molecule has 0 aliphatic heterocycles. The predicted octanol–water partition coefficient (Wildman–Crippen LogP) is 3.94. The van der Waals surface area contributed by atoms with Gasteiger partial charge in [-0.2, -0.15) is 0 Å². The summed E-state index contributed by atoms with van der Waals surface area (Å²) < 4.78 is 11.1. The molecule has 0 saturated carbocycles. The van der Waals surface area contributed by atoms with Gasteiger partial charge in [0.25, 0.3) is 0 Å². The molecule has 4 heteroatoms. The maximum Gasteiger partial charge on any atom is 0.170 e. The van der Waals surface area contributed by atoms with Gasteiger partial charge in [-0.1, -0.05) is 18.2 Å². The Morgan fingerprint density at radius 3 is 2.52 bits per heavy atom. The molecule has 0 radical (unpaired) electrons. The normalized spacial score (nSPS) is 11.0. The molecule has 2 aromatic rings. The lowest BCUT2D eigenvalue weighted by Crippen LogP contribution is -2.08. The van der Waals surface area contributed by atoms with Crippen molar-refractivity contribution in [3.63, 3.8) is 0 Å². The lowest BCUT2D eigenvalue weighted by Gasteiger charge is -2.15. The molecule has 0 heterocycles. The summed E-state index contributed by atoms with van der Waals surface area (Å²) in [7, 11) is 1.60. The molecule has 2 aromatic carbocycles. The number of rotatable bonds is 5. The first-order valence-corrected chi connectivity index (χ1v) is 6.77. The minimum absolute atomic E-state index is 0.0265. The predicted molar refractivity (Wildman–Crippen MR) is 84.1 cm³/mol. The van der Waals surface area contributed by atoms with Crippen LogP contribution >= 0.6 is 0 Å². The summed E-state index contributed by atoms with van der Waals surface area (Å²) in [6.07, 6.45) is 1.69. The van der Waals surface area contributed by atoms with Gasteiger partial charge in [0.2, 0.25) is 0 Å². The smallest absolute Gasteiger partial charge is 0.170 e. The quantitative estimate of drug-likeness (QED) is 0.847. The Hall–Kier alpha value is -2.49. The molecule has 0 spiro atoms. The van der Waals surface area contributed by atoms with E-state index in [9.17, 15) is 5.11 Å². The highest BCUT2D eigenvalue weighted by Crippen LogP contribution is 2.32. The number of para-hydroxylation sites is 3. The third-order valence-corrected chi connectivity index (χ3v) is 2.81. The molecular weight excluding hydrogens is 266 g/mol. The third kappa shape index (κ3) is 3.75. The SMILES string of the molecule is COc1cccc(C=Nc2ccccc2O)c1OC(C)C. The van der Waals surface area contributed by atoms with E-state index in [2.05, 4.69) is 4.99 Å². The first-order valence-electron chi connectivity index (χ1n) is 6.77. The summed E-state index contributed by atoms with van der Waals surface area (Å²) in [5.74, 6) is 1.45. The van der Waals surface area contributed by atoms with Gasteiger partial charge < -0.3 is 14.6 Å². The van der Waals surface area contributed by atoms with Gasteiger partial charge in [0.05, 0.1) is 13.2 Å². The van der Waals surface area contributed by atoms with Gasteiger partial charge >= 0.3 is 0 Å². The number of aromatic hydroxyl groups is 1. The number of aliphatic imine (C=N–C) groups is 1. The number of hydrogen-bond acceptors (Lipinski definition) is 4. The standard InChI is InChI=1S/C17H19NO3/c1-12(2)21-17-13(7-6-10-16(17)20-3)11-18-14-8-4-5-9-15(14)19/h4-12,19H,1-3H3. The fourth-order valence-electron chi connectivity index (χ4n) is 1.87. The molecule has 0 unspecified atom stereocenters. The maximum atomic E-state index is 9.73. The molecule has 4 nitrogen and oxygen atoms in total.